The summed E-state index contributed by atoms with van der Waals surface area (Å²) in [6.07, 6.45) is 2.76. The molecule has 0 spiro atoms. The molecule has 0 bridgehead atoms. The van der Waals surface area contributed by atoms with Gasteiger partial charge in [0.15, 0.2) is 0 Å². The highest BCUT2D eigenvalue weighted by atomic mass is 32.2. The standard InChI is InChI=1S/C13H17NO3S/c1-10(2)4-3-5-11-6-7-13(18(15,16)17)8-12(11)9-14/h6-8,10H,3-5H2,1-2H3,(H,15,16,17). The Hall–Kier alpha value is -1.38. The van der Waals surface area contributed by atoms with E-state index in [1.54, 1.807) is 6.07 Å². The van der Waals surface area contributed by atoms with Crippen LogP contribution in [0.2, 0.25) is 0 Å². The maximum Gasteiger partial charge on any atom is 0.294 e. The van der Waals surface area contributed by atoms with Crippen LogP contribution in [-0.4, -0.2) is 13.0 Å². The van der Waals surface area contributed by atoms with Crippen molar-refractivity contribution in [2.75, 3.05) is 0 Å². The summed E-state index contributed by atoms with van der Waals surface area (Å²) in [5, 5.41) is 8.99. The van der Waals surface area contributed by atoms with Gasteiger partial charge in [0.25, 0.3) is 10.1 Å². The van der Waals surface area contributed by atoms with Gasteiger partial charge >= 0.3 is 0 Å². The summed E-state index contributed by atoms with van der Waals surface area (Å²) in [6.45, 7) is 4.26. The van der Waals surface area contributed by atoms with E-state index in [4.69, 9.17) is 9.81 Å². The first-order valence-corrected chi connectivity index (χ1v) is 7.29. The summed E-state index contributed by atoms with van der Waals surface area (Å²) in [7, 11) is -4.24. The predicted molar refractivity (Wildman–Crippen MR) is 68.7 cm³/mol. The number of nitrogens with zero attached hydrogens (tertiary/aromatic N) is 1. The lowest BCUT2D eigenvalue weighted by Gasteiger charge is -2.07. The van der Waals surface area contributed by atoms with Crippen LogP contribution in [0.3, 0.4) is 0 Å². The van der Waals surface area contributed by atoms with E-state index in [0.717, 1.165) is 24.8 Å². The molecule has 0 aliphatic heterocycles. The first-order chi connectivity index (χ1) is 8.34. The van der Waals surface area contributed by atoms with Crippen LogP contribution in [0.25, 0.3) is 0 Å². The van der Waals surface area contributed by atoms with Crippen LogP contribution in [0, 0.1) is 17.2 Å². The summed E-state index contributed by atoms with van der Waals surface area (Å²) in [6, 6.07) is 6.13. The van der Waals surface area contributed by atoms with Gasteiger partial charge in [0.2, 0.25) is 0 Å². The van der Waals surface area contributed by atoms with E-state index >= 15 is 0 Å². The van der Waals surface area contributed by atoms with Gasteiger partial charge in [-0.2, -0.15) is 13.7 Å². The van der Waals surface area contributed by atoms with Crippen molar-refractivity contribution < 1.29 is 13.0 Å². The van der Waals surface area contributed by atoms with E-state index in [1.807, 2.05) is 6.07 Å². The van der Waals surface area contributed by atoms with Crippen LogP contribution in [-0.2, 0) is 16.5 Å². The first kappa shape index (κ1) is 14.7. The molecule has 1 N–H and O–H groups in total. The highest BCUT2D eigenvalue weighted by molar-refractivity contribution is 7.85. The molecule has 1 aromatic carbocycles. The highest BCUT2D eigenvalue weighted by Crippen LogP contribution is 2.18. The van der Waals surface area contributed by atoms with Gasteiger partial charge in [-0.05, 0) is 36.5 Å². The second-order valence-electron chi connectivity index (χ2n) is 4.69. The first-order valence-electron chi connectivity index (χ1n) is 5.85. The van der Waals surface area contributed by atoms with Gasteiger partial charge in [0.1, 0.15) is 0 Å². The fourth-order valence-electron chi connectivity index (χ4n) is 1.74. The van der Waals surface area contributed by atoms with Crippen molar-refractivity contribution >= 4 is 10.1 Å². The summed E-state index contributed by atoms with van der Waals surface area (Å²) in [5.41, 5.74) is 1.14. The number of hydrogen-bond donors (Lipinski definition) is 1. The smallest absolute Gasteiger partial charge is 0.282 e. The second-order valence-corrected chi connectivity index (χ2v) is 6.11. The van der Waals surface area contributed by atoms with Crippen LogP contribution in [0.5, 0.6) is 0 Å². The molecule has 0 radical (unpaired) electrons. The van der Waals surface area contributed by atoms with Crippen molar-refractivity contribution in [2.45, 2.75) is 38.0 Å². The molecule has 1 aromatic rings. The van der Waals surface area contributed by atoms with Crippen molar-refractivity contribution in [3.63, 3.8) is 0 Å². The van der Waals surface area contributed by atoms with E-state index in [2.05, 4.69) is 13.8 Å². The molecule has 5 heteroatoms. The Morgan fingerprint density at radius 1 is 1.39 bits per heavy atom. The second kappa shape index (κ2) is 5.98. The van der Waals surface area contributed by atoms with Gasteiger partial charge in [-0.3, -0.25) is 4.55 Å². The van der Waals surface area contributed by atoms with Gasteiger partial charge in [0.05, 0.1) is 16.5 Å². The topological polar surface area (TPSA) is 78.2 Å². The molecule has 0 heterocycles. The average Bonchev–Trinajstić information content (AvgIpc) is 2.27. The summed E-state index contributed by atoms with van der Waals surface area (Å²) >= 11 is 0. The van der Waals surface area contributed by atoms with Crippen molar-refractivity contribution in [3.8, 4) is 6.07 Å². The maximum atomic E-state index is 11.0. The van der Waals surface area contributed by atoms with Crippen LogP contribution < -0.4 is 0 Å². The zero-order valence-electron chi connectivity index (χ0n) is 10.5. The number of rotatable bonds is 5. The van der Waals surface area contributed by atoms with Crippen molar-refractivity contribution in [3.05, 3.63) is 29.3 Å². The van der Waals surface area contributed by atoms with Gasteiger partial charge in [0, 0.05) is 0 Å². The minimum atomic E-state index is -4.24. The highest BCUT2D eigenvalue weighted by Gasteiger charge is 2.12. The molecule has 98 valence electrons. The van der Waals surface area contributed by atoms with Crippen LogP contribution >= 0.6 is 0 Å². The molecule has 0 fully saturated rings. The number of aryl methyl sites for hydroxylation is 1. The molecule has 0 aromatic heterocycles. The van der Waals surface area contributed by atoms with Crippen molar-refractivity contribution in [1.29, 1.82) is 5.26 Å². The third kappa shape index (κ3) is 4.13. The van der Waals surface area contributed by atoms with E-state index in [-0.39, 0.29) is 4.90 Å². The molecule has 1 rings (SSSR count). The molecular formula is C13H17NO3S. The van der Waals surface area contributed by atoms with Crippen molar-refractivity contribution in [1.82, 2.24) is 0 Å². The Labute approximate surface area is 108 Å². The fraction of sp³-hybridized carbons (Fsp3) is 0.462. The lowest BCUT2D eigenvalue weighted by atomic mass is 9.99. The minimum Gasteiger partial charge on any atom is -0.282 e. The predicted octanol–water partition coefficient (Wildman–Crippen LogP) is 2.78. The van der Waals surface area contributed by atoms with E-state index in [0.29, 0.717) is 11.5 Å². The zero-order valence-corrected chi connectivity index (χ0v) is 11.4. The van der Waals surface area contributed by atoms with Gasteiger partial charge in [-0.1, -0.05) is 26.3 Å². The molecule has 0 saturated heterocycles. The zero-order chi connectivity index (χ0) is 13.8. The van der Waals surface area contributed by atoms with Crippen LogP contribution in [0.15, 0.2) is 23.1 Å². The summed E-state index contributed by atoms with van der Waals surface area (Å²) in [4.78, 5) is -0.230. The molecule has 0 saturated carbocycles. The Bertz CT molecular complexity index is 556. The molecule has 0 aliphatic rings. The van der Waals surface area contributed by atoms with E-state index in [1.165, 1.54) is 12.1 Å². The largest absolute Gasteiger partial charge is 0.294 e. The monoisotopic (exact) mass is 267 g/mol. The molecule has 0 amide bonds. The van der Waals surface area contributed by atoms with Gasteiger partial charge in [-0.15, -0.1) is 0 Å². The molecule has 0 aliphatic carbocycles. The quantitative estimate of drug-likeness (QED) is 0.832. The number of benzene rings is 1. The number of nitriles is 1. The fourth-order valence-corrected chi connectivity index (χ4v) is 2.25. The molecule has 18 heavy (non-hydrogen) atoms. The Balaban J connectivity index is 2.92. The molecule has 0 atom stereocenters. The lowest BCUT2D eigenvalue weighted by molar-refractivity contribution is 0.483. The Kier molecular flexibility index (Phi) is 4.88. The minimum absolute atomic E-state index is 0.230. The van der Waals surface area contributed by atoms with Crippen LogP contribution in [0.4, 0.5) is 0 Å². The number of hydrogen-bond acceptors (Lipinski definition) is 3. The van der Waals surface area contributed by atoms with Gasteiger partial charge < -0.3 is 0 Å². The lowest BCUT2D eigenvalue weighted by Crippen LogP contribution is -2.01. The van der Waals surface area contributed by atoms with E-state index in [9.17, 15) is 8.42 Å². The molecule has 0 unspecified atom stereocenters. The van der Waals surface area contributed by atoms with Gasteiger partial charge in [-0.25, -0.2) is 0 Å². The third-order valence-electron chi connectivity index (χ3n) is 2.73. The Morgan fingerprint density at radius 3 is 2.56 bits per heavy atom. The third-order valence-corrected chi connectivity index (χ3v) is 3.58. The normalized spacial score (nSPS) is 11.5. The summed E-state index contributed by atoms with van der Waals surface area (Å²) < 4.78 is 30.8. The Morgan fingerprint density at radius 2 is 2.06 bits per heavy atom. The summed E-state index contributed by atoms with van der Waals surface area (Å²) in [5.74, 6) is 0.604. The maximum absolute atomic E-state index is 11.0. The molecular weight excluding hydrogens is 250 g/mol. The SMILES string of the molecule is CC(C)CCCc1ccc(S(=O)(=O)O)cc1C#N. The van der Waals surface area contributed by atoms with Crippen LogP contribution in [0.1, 0.15) is 37.8 Å². The average molecular weight is 267 g/mol. The molecule has 4 nitrogen and oxygen atoms in total. The van der Waals surface area contributed by atoms with Crippen molar-refractivity contribution in [2.24, 2.45) is 5.92 Å². The van der Waals surface area contributed by atoms with E-state index < -0.39 is 10.1 Å².